The van der Waals surface area contributed by atoms with Gasteiger partial charge in [0.2, 0.25) is 0 Å². The number of aliphatic imine (C=N–C) groups is 1. The van der Waals surface area contributed by atoms with E-state index in [1.54, 1.807) is 0 Å². The molecule has 2 N–H and O–H groups in total. The number of likely N-dealkylation sites (tertiary alicyclic amines) is 1. The predicted octanol–water partition coefficient (Wildman–Crippen LogP) is 3.14. The van der Waals surface area contributed by atoms with E-state index in [0.717, 1.165) is 43.8 Å². The van der Waals surface area contributed by atoms with Crippen molar-refractivity contribution >= 4 is 17.6 Å². The van der Waals surface area contributed by atoms with Crippen LogP contribution in [0.15, 0.2) is 29.3 Å². The van der Waals surface area contributed by atoms with Gasteiger partial charge in [-0.3, -0.25) is 9.89 Å². The molecule has 0 spiro atoms. The van der Waals surface area contributed by atoms with Crippen molar-refractivity contribution < 1.29 is 4.74 Å². The highest BCUT2D eigenvalue weighted by molar-refractivity contribution is 6.30. The van der Waals surface area contributed by atoms with E-state index in [1.165, 1.54) is 44.5 Å². The molecule has 0 saturated carbocycles. The number of rotatable bonds is 8. The first-order valence-corrected chi connectivity index (χ1v) is 11.9. The molecule has 6 nitrogen and oxygen atoms in total. The van der Waals surface area contributed by atoms with E-state index in [4.69, 9.17) is 21.3 Å². The summed E-state index contributed by atoms with van der Waals surface area (Å²) in [6, 6.07) is 8.88. The smallest absolute Gasteiger partial charge is 0.191 e. The maximum atomic E-state index is 6.30. The van der Waals surface area contributed by atoms with Crippen LogP contribution in [0.5, 0.6) is 0 Å². The monoisotopic (exact) mass is 435 g/mol. The van der Waals surface area contributed by atoms with Crippen LogP contribution in [0.4, 0.5) is 0 Å². The summed E-state index contributed by atoms with van der Waals surface area (Å²) in [7, 11) is 0. The van der Waals surface area contributed by atoms with Gasteiger partial charge in [-0.1, -0.05) is 30.7 Å². The number of hydrogen-bond donors (Lipinski definition) is 2. The summed E-state index contributed by atoms with van der Waals surface area (Å²) in [5, 5.41) is 7.90. The van der Waals surface area contributed by atoms with E-state index < -0.39 is 0 Å². The van der Waals surface area contributed by atoms with E-state index in [0.29, 0.717) is 12.6 Å². The molecule has 30 heavy (non-hydrogen) atoms. The van der Waals surface area contributed by atoms with Gasteiger partial charge >= 0.3 is 0 Å². The fraction of sp³-hybridized carbons (Fsp3) is 0.696. The average molecular weight is 436 g/mol. The third-order valence-electron chi connectivity index (χ3n) is 5.95. The number of guanidine groups is 1. The molecule has 2 heterocycles. The molecule has 2 aliphatic rings. The summed E-state index contributed by atoms with van der Waals surface area (Å²) < 4.78 is 5.57. The van der Waals surface area contributed by atoms with Crippen LogP contribution in [0.2, 0.25) is 5.02 Å². The number of morpholine rings is 1. The Balaban J connectivity index is 1.66. The second kappa shape index (κ2) is 12.5. The van der Waals surface area contributed by atoms with Crippen LogP contribution < -0.4 is 10.6 Å². The van der Waals surface area contributed by atoms with Gasteiger partial charge in [-0.25, -0.2) is 0 Å². The molecule has 2 saturated heterocycles. The van der Waals surface area contributed by atoms with Crippen molar-refractivity contribution in [3.8, 4) is 0 Å². The summed E-state index contributed by atoms with van der Waals surface area (Å²) >= 11 is 6.30. The van der Waals surface area contributed by atoms with Crippen LogP contribution >= 0.6 is 11.6 Å². The molecule has 168 valence electrons. The Morgan fingerprint density at radius 1 is 1.20 bits per heavy atom. The molecule has 0 aliphatic carbocycles. The lowest BCUT2D eigenvalue weighted by Crippen LogP contribution is -2.49. The second-order valence-electron chi connectivity index (χ2n) is 8.20. The summed E-state index contributed by atoms with van der Waals surface area (Å²) in [4.78, 5) is 10.0. The van der Waals surface area contributed by atoms with Crippen molar-refractivity contribution in [3.63, 3.8) is 0 Å². The Kier molecular flexibility index (Phi) is 9.72. The lowest BCUT2D eigenvalue weighted by Gasteiger charge is -2.35. The van der Waals surface area contributed by atoms with Crippen molar-refractivity contribution in [2.75, 3.05) is 59.0 Å². The zero-order valence-corrected chi connectivity index (χ0v) is 19.3. The third-order valence-corrected chi connectivity index (χ3v) is 6.19. The minimum Gasteiger partial charge on any atom is -0.379 e. The van der Waals surface area contributed by atoms with Gasteiger partial charge in [0.1, 0.15) is 0 Å². The van der Waals surface area contributed by atoms with Crippen LogP contribution in [0, 0.1) is 0 Å². The van der Waals surface area contributed by atoms with Crippen LogP contribution in [0.3, 0.4) is 0 Å². The lowest BCUT2D eigenvalue weighted by atomic mass is 10.0. The molecule has 1 aromatic carbocycles. The zero-order chi connectivity index (χ0) is 21.2. The largest absolute Gasteiger partial charge is 0.379 e. The standard InChI is InChI=1S/C23H38ClN5O/c1-3-10-28-11-8-21(9-12-28)27-23(25-4-2)26-18-22(29-13-15-30-16-14-29)19-6-5-7-20(24)17-19/h5-7,17,21-22H,3-4,8-16,18H2,1-2H3,(H2,25,26,27). The molecule has 0 aromatic heterocycles. The Morgan fingerprint density at radius 3 is 2.63 bits per heavy atom. The van der Waals surface area contributed by atoms with Gasteiger partial charge in [0.05, 0.1) is 25.8 Å². The van der Waals surface area contributed by atoms with E-state index >= 15 is 0 Å². The van der Waals surface area contributed by atoms with Gasteiger partial charge in [0.15, 0.2) is 5.96 Å². The topological polar surface area (TPSA) is 52.1 Å². The van der Waals surface area contributed by atoms with Gasteiger partial charge in [-0.15, -0.1) is 0 Å². The number of nitrogens with one attached hydrogen (secondary N) is 2. The molecule has 0 radical (unpaired) electrons. The van der Waals surface area contributed by atoms with Gasteiger partial charge < -0.3 is 20.3 Å². The normalized spacial score (nSPS) is 20.8. The zero-order valence-electron chi connectivity index (χ0n) is 18.6. The van der Waals surface area contributed by atoms with Crippen LogP contribution in [0.1, 0.15) is 44.7 Å². The molecule has 2 aliphatic heterocycles. The fourth-order valence-corrected chi connectivity index (χ4v) is 4.54. The van der Waals surface area contributed by atoms with Crippen molar-refractivity contribution in [3.05, 3.63) is 34.9 Å². The van der Waals surface area contributed by atoms with E-state index in [9.17, 15) is 0 Å². The lowest BCUT2D eigenvalue weighted by molar-refractivity contribution is 0.0179. The summed E-state index contributed by atoms with van der Waals surface area (Å²) in [6.07, 6.45) is 3.58. The van der Waals surface area contributed by atoms with Crippen molar-refractivity contribution in [2.45, 2.75) is 45.2 Å². The first kappa shape index (κ1) is 23.3. The molecule has 7 heteroatoms. The SMILES string of the molecule is CCCN1CCC(NC(=NCC(c2cccc(Cl)c2)N2CCOCC2)NCC)CC1. The van der Waals surface area contributed by atoms with E-state index in [1.807, 2.05) is 12.1 Å². The van der Waals surface area contributed by atoms with E-state index in [-0.39, 0.29) is 6.04 Å². The van der Waals surface area contributed by atoms with Crippen LogP contribution in [-0.2, 0) is 4.74 Å². The minimum absolute atomic E-state index is 0.203. The molecule has 0 bridgehead atoms. The second-order valence-corrected chi connectivity index (χ2v) is 8.64. The summed E-state index contributed by atoms with van der Waals surface area (Å²) in [6.45, 7) is 12.9. The number of nitrogens with zero attached hydrogens (tertiary/aromatic N) is 3. The highest BCUT2D eigenvalue weighted by Crippen LogP contribution is 2.25. The first-order chi connectivity index (χ1) is 14.7. The molecule has 0 amide bonds. The molecule has 3 rings (SSSR count). The summed E-state index contributed by atoms with van der Waals surface area (Å²) in [5.74, 6) is 0.923. The first-order valence-electron chi connectivity index (χ1n) is 11.5. The van der Waals surface area contributed by atoms with Crippen LogP contribution in [-0.4, -0.2) is 80.8 Å². The molecule has 1 unspecified atom stereocenters. The number of piperidine rings is 1. The highest BCUT2D eigenvalue weighted by Gasteiger charge is 2.24. The molecular weight excluding hydrogens is 398 g/mol. The Bertz CT molecular complexity index is 657. The fourth-order valence-electron chi connectivity index (χ4n) is 4.34. The Labute approximate surface area is 187 Å². The summed E-state index contributed by atoms with van der Waals surface area (Å²) in [5.41, 5.74) is 1.22. The molecular formula is C23H38ClN5O. The minimum atomic E-state index is 0.203. The van der Waals surface area contributed by atoms with Crippen molar-refractivity contribution in [1.82, 2.24) is 20.4 Å². The van der Waals surface area contributed by atoms with E-state index in [2.05, 4.69) is 46.4 Å². The number of hydrogen-bond acceptors (Lipinski definition) is 4. The Morgan fingerprint density at radius 2 is 1.97 bits per heavy atom. The predicted molar refractivity (Wildman–Crippen MR) is 125 cm³/mol. The van der Waals surface area contributed by atoms with Gasteiger partial charge in [0.25, 0.3) is 0 Å². The van der Waals surface area contributed by atoms with Crippen LogP contribution in [0.25, 0.3) is 0 Å². The van der Waals surface area contributed by atoms with Crippen molar-refractivity contribution in [2.24, 2.45) is 4.99 Å². The molecule has 2 fully saturated rings. The quantitative estimate of drug-likeness (QED) is 0.485. The third kappa shape index (κ3) is 7.12. The Hall–Kier alpha value is -1.34. The van der Waals surface area contributed by atoms with Crippen molar-refractivity contribution in [1.29, 1.82) is 0 Å². The van der Waals surface area contributed by atoms with Gasteiger partial charge in [0, 0.05) is 43.8 Å². The average Bonchev–Trinajstić information content (AvgIpc) is 2.76. The number of halogens is 1. The molecule has 1 atom stereocenters. The maximum absolute atomic E-state index is 6.30. The molecule has 1 aromatic rings. The number of ether oxygens (including phenoxy) is 1. The maximum Gasteiger partial charge on any atom is 0.191 e. The van der Waals surface area contributed by atoms with Gasteiger partial charge in [-0.05, 0) is 50.4 Å². The highest BCUT2D eigenvalue weighted by atomic mass is 35.5. The number of benzene rings is 1. The van der Waals surface area contributed by atoms with Gasteiger partial charge in [-0.2, -0.15) is 0 Å².